The molecule has 0 unspecified atom stereocenters. The molecular weight excluding hydrogens is 366 g/mol. The Morgan fingerprint density at radius 2 is 2.00 bits per heavy atom. The van der Waals surface area contributed by atoms with E-state index < -0.39 is 0 Å². The van der Waals surface area contributed by atoms with Crippen molar-refractivity contribution in [2.45, 2.75) is 19.8 Å². The highest BCUT2D eigenvalue weighted by molar-refractivity contribution is 9.09. The van der Waals surface area contributed by atoms with Gasteiger partial charge in [-0.15, -0.1) is 0 Å². The Bertz CT molecular complexity index is 848. The van der Waals surface area contributed by atoms with Gasteiger partial charge in [0.2, 0.25) is 0 Å². The first kappa shape index (κ1) is 17.7. The molecule has 2 aromatic rings. The standard InChI is InChI=1S/C19H16BrN3O/c1-14-18(19(24)12-20)11-17(5-3-2-4-10-21)23(14)16-8-6-15(13-22)7-9-16/h3,5-9,11H,2,4,12H2,1H3/b5-3+. The Morgan fingerprint density at radius 1 is 1.29 bits per heavy atom. The molecule has 0 spiro atoms. The molecule has 0 aliphatic heterocycles. The van der Waals surface area contributed by atoms with Crippen molar-refractivity contribution in [1.29, 1.82) is 10.5 Å². The Balaban J connectivity index is 2.51. The molecule has 0 aliphatic rings. The van der Waals surface area contributed by atoms with Crippen molar-refractivity contribution in [1.82, 2.24) is 4.57 Å². The van der Waals surface area contributed by atoms with Gasteiger partial charge in [0.15, 0.2) is 5.78 Å². The second kappa shape index (κ2) is 8.29. The fourth-order valence-corrected chi connectivity index (χ4v) is 2.79. The van der Waals surface area contributed by atoms with E-state index in [1.807, 2.05) is 41.8 Å². The summed E-state index contributed by atoms with van der Waals surface area (Å²) in [5, 5.41) is 17.8. The van der Waals surface area contributed by atoms with Gasteiger partial charge in [-0.25, -0.2) is 0 Å². The van der Waals surface area contributed by atoms with Crippen molar-refractivity contribution in [2.75, 3.05) is 5.33 Å². The number of benzene rings is 1. The number of carbonyl (C=O) groups excluding carboxylic acids is 1. The van der Waals surface area contributed by atoms with Crippen molar-refractivity contribution in [2.24, 2.45) is 0 Å². The minimum atomic E-state index is 0.0200. The number of halogens is 1. The summed E-state index contributed by atoms with van der Waals surface area (Å²) in [6.07, 6.45) is 4.98. The third-order valence-electron chi connectivity index (χ3n) is 3.66. The van der Waals surface area contributed by atoms with Crippen LogP contribution in [0.1, 0.15) is 40.2 Å². The zero-order valence-corrected chi connectivity index (χ0v) is 14.9. The Kier molecular flexibility index (Phi) is 6.12. The molecule has 0 amide bonds. The number of carbonyl (C=O) groups is 1. The van der Waals surface area contributed by atoms with Gasteiger partial charge in [-0.1, -0.05) is 22.0 Å². The Hall–Kier alpha value is -2.63. The van der Waals surface area contributed by atoms with Crippen LogP contribution in [0.2, 0.25) is 0 Å². The molecule has 1 aromatic heterocycles. The lowest BCUT2D eigenvalue weighted by atomic mass is 10.2. The first-order valence-corrected chi connectivity index (χ1v) is 8.60. The summed E-state index contributed by atoms with van der Waals surface area (Å²) < 4.78 is 1.99. The maximum Gasteiger partial charge on any atom is 0.175 e. The Labute approximate surface area is 149 Å². The lowest BCUT2D eigenvalue weighted by Crippen LogP contribution is -2.04. The third kappa shape index (κ3) is 3.82. The number of alkyl halides is 1. The summed E-state index contributed by atoms with van der Waals surface area (Å²) >= 11 is 3.22. The zero-order chi connectivity index (χ0) is 17.5. The topological polar surface area (TPSA) is 69.6 Å². The number of nitriles is 2. The maximum absolute atomic E-state index is 12.1. The van der Waals surface area contributed by atoms with Crippen LogP contribution in [0.15, 0.2) is 36.4 Å². The van der Waals surface area contributed by atoms with E-state index in [4.69, 9.17) is 10.5 Å². The van der Waals surface area contributed by atoms with Gasteiger partial charge >= 0.3 is 0 Å². The average molecular weight is 382 g/mol. The number of Topliss-reactive ketones (excluding diaryl/α,β-unsaturated/α-hetero) is 1. The zero-order valence-electron chi connectivity index (χ0n) is 13.3. The van der Waals surface area contributed by atoms with E-state index in [9.17, 15) is 4.79 Å². The Morgan fingerprint density at radius 3 is 2.58 bits per heavy atom. The molecule has 0 atom stereocenters. The molecule has 0 radical (unpaired) electrons. The van der Waals surface area contributed by atoms with Gasteiger partial charge in [0, 0.05) is 29.1 Å². The average Bonchev–Trinajstić information content (AvgIpc) is 2.94. The second-order valence-corrected chi connectivity index (χ2v) is 5.78. The van der Waals surface area contributed by atoms with E-state index in [1.165, 1.54) is 0 Å². The number of hydrogen-bond acceptors (Lipinski definition) is 3. The third-order valence-corrected chi connectivity index (χ3v) is 4.17. The van der Waals surface area contributed by atoms with Crippen LogP contribution in [0.25, 0.3) is 11.8 Å². The van der Waals surface area contributed by atoms with E-state index in [1.54, 1.807) is 12.1 Å². The predicted octanol–water partition coefficient (Wildman–Crippen LogP) is 4.55. The molecule has 120 valence electrons. The molecule has 4 nitrogen and oxygen atoms in total. The van der Waals surface area contributed by atoms with Gasteiger partial charge in [0.25, 0.3) is 0 Å². The van der Waals surface area contributed by atoms with Crippen molar-refractivity contribution in [3.05, 3.63) is 58.9 Å². The van der Waals surface area contributed by atoms with E-state index >= 15 is 0 Å². The smallest absolute Gasteiger partial charge is 0.175 e. The van der Waals surface area contributed by atoms with Crippen molar-refractivity contribution in [3.63, 3.8) is 0 Å². The highest BCUT2D eigenvalue weighted by atomic mass is 79.9. The molecule has 0 bridgehead atoms. The minimum absolute atomic E-state index is 0.0200. The molecule has 1 heterocycles. The normalized spacial score (nSPS) is 10.5. The van der Waals surface area contributed by atoms with Gasteiger partial charge in [0.05, 0.1) is 23.0 Å². The number of aromatic nitrogens is 1. The summed E-state index contributed by atoms with van der Waals surface area (Å²) in [5.41, 5.74) is 3.87. The fourth-order valence-electron chi connectivity index (χ4n) is 2.49. The molecular formula is C19H16BrN3O. The van der Waals surface area contributed by atoms with Gasteiger partial charge in [-0.2, -0.15) is 10.5 Å². The monoisotopic (exact) mass is 381 g/mol. The second-order valence-electron chi connectivity index (χ2n) is 5.22. The molecule has 0 aliphatic carbocycles. The summed E-state index contributed by atoms with van der Waals surface area (Å²) in [7, 11) is 0. The maximum atomic E-state index is 12.1. The first-order valence-electron chi connectivity index (χ1n) is 7.48. The van der Waals surface area contributed by atoms with E-state index in [0.717, 1.165) is 17.1 Å². The number of hydrogen-bond donors (Lipinski definition) is 0. The highest BCUT2D eigenvalue weighted by Gasteiger charge is 2.16. The summed E-state index contributed by atoms with van der Waals surface area (Å²) in [6.45, 7) is 1.90. The van der Waals surface area contributed by atoms with E-state index in [-0.39, 0.29) is 11.1 Å². The van der Waals surface area contributed by atoms with Crippen LogP contribution in [0.3, 0.4) is 0 Å². The number of nitrogens with zero attached hydrogens (tertiary/aromatic N) is 3. The number of allylic oxidation sites excluding steroid dienone is 1. The lowest BCUT2D eigenvalue weighted by Gasteiger charge is -2.10. The molecule has 2 rings (SSSR count). The minimum Gasteiger partial charge on any atom is -0.314 e. The van der Waals surface area contributed by atoms with Crippen LogP contribution in [-0.2, 0) is 0 Å². The molecule has 0 saturated carbocycles. The van der Waals surface area contributed by atoms with E-state index in [2.05, 4.69) is 28.1 Å². The van der Waals surface area contributed by atoms with Crippen LogP contribution in [0, 0.1) is 29.6 Å². The van der Waals surface area contributed by atoms with Gasteiger partial charge in [0.1, 0.15) is 0 Å². The predicted molar refractivity (Wildman–Crippen MR) is 97.2 cm³/mol. The van der Waals surface area contributed by atoms with Crippen LogP contribution >= 0.6 is 15.9 Å². The lowest BCUT2D eigenvalue weighted by molar-refractivity contribution is 0.102. The summed E-state index contributed by atoms with van der Waals surface area (Å²) in [5.74, 6) is 0.0200. The molecule has 5 heteroatoms. The van der Waals surface area contributed by atoms with Crippen molar-refractivity contribution >= 4 is 27.8 Å². The van der Waals surface area contributed by atoms with Crippen LogP contribution in [0.5, 0.6) is 0 Å². The number of unbranched alkanes of at least 4 members (excludes halogenated alkanes) is 1. The van der Waals surface area contributed by atoms with Crippen LogP contribution in [0.4, 0.5) is 0 Å². The van der Waals surface area contributed by atoms with Crippen LogP contribution < -0.4 is 0 Å². The molecule has 0 saturated heterocycles. The largest absolute Gasteiger partial charge is 0.314 e. The van der Waals surface area contributed by atoms with Gasteiger partial charge in [-0.3, -0.25) is 4.79 Å². The summed E-state index contributed by atoms with van der Waals surface area (Å²) in [6, 6.07) is 13.3. The molecule has 0 N–H and O–H groups in total. The highest BCUT2D eigenvalue weighted by Crippen LogP contribution is 2.24. The molecule has 24 heavy (non-hydrogen) atoms. The summed E-state index contributed by atoms with van der Waals surface area (Å²) in [4.78, 5) is 12.1. The molecule has 1 aromatic carbocycles. The molecule has 0 fully saturated rings. The number of rotatable bonds is 6. The van der Waals surface area contributed by atoms with Gasteiger partial charge in [-0.05, 0) is 49.8 Å². The van der Waals surface area contributed by atoms with Gasteiger partial charge < -0.3 is 4.57 Å². The van der Waals surface area contributed by atoms with Crippen molar-refractivity contribution < 1.29 is 4.79 Å². The first-order chi connectivity index (χ1) is 11.6. The number of ketones is 1. The SMILES string of the molecule is Cc1c(C(=O)CBr)cc(/C=C/CCC#N)n1-c1ccc(C#N)cc1. The van der Waals surface area contributed by atoms with E-state index in [0.29, 0.717) is 24.0 Å². The van der Waals surface area contributed by atoms with Crippen molar-refractivity contribution in [3.8, 4) is 17.8 Å². The fraction of sp³-hybridized carbons (Fsp3) is 0.211. The quantitative estimate of drug-likeness (QED) is 0.418. The van der Waals surface area contributed by atoms with Crippen LogP contribution in [-0.4, -0.2) is 15.7 Å².